The van der Waals surface area contributed by atoms with E-state index in [4.69, 9.17) is 9.47 Å². The number of allylic oxidation sites excluding steroid dienone is 1. The summed E-state index contributed by atoms with van der Waals surface area (Å²) in [4.78, 5) is 36.1. The maximum atomic E-state index is 14.0. The van der Waals surface area contributed by atoms with Gasteiger partial charge in [-0.1, -0.05) is 44.0 Å². The Bertz CT molecular complexity index is 757. The van der Waals surface area contributed by atoms with E-state index < -0.39 is 24.0 Å². The van der Waals surface area contributed by atoms with Crippen LogP contribution in [0, 0.1) is 5.92 Å². The number of alkyl halides is 1. The molecule has 2 aliphatic rings. The van der Waals surface area contributed by atoms with Gasteiger partial charge in [0.1, 0.15) is 12.2 Å². The molecule has 0 aromatic heterocycles. The maximum absolute atomic E-state index is 14.0. The van der Waals surface area contributed by atoms with Crippen LogP contribution in [0.4, 0.5) is 4.39 Å². The van der Waals surface area contributed by atoms with Crippen molar-refractivity contribution >= 4 is 17.7 Å². The second-order valence-corrected chi connectivity index (χ2v) is 7.32. The highest BCUT2D eigenvalue weighted by molar-refractivity contribution is 5.89. The summed E-state index contributed by atoms with van der Waals surface area (Å²) in [7, 11) is 0. The molecular weight excluding hydrogens is 363 g/mol. The lowest BCUT2D eigenvalue weighted by atomic mass is 9.96. The van der Waals surface area contributed by atoms with Gasteiger partial charge in [-0.25, -0.2) is 9.18 Å². The van der Waals surface area contributed by atoms with Gasteiger partial charge in [0, 0.05) is 18.8 Å². The van der Waals surface area contributed by atoms with Crippen LogP contribution in [0.15, 0.2) is 42.0 Å². The van der Waals surface area contributed by atoms with Gasteiger partial charge in [0.05, 0.1) is 12.0 Å². The fourth-order valence-corrected chi connectivity index (χ4v) is 3.80. The Morgan fingerprint density at radius 1 is 1.32 bits per heavy atom. The van der Waals surface area contributed by atoms with Crippen molar-refractivity contribution in [2.45, 2.75) is 63.8 Å². The Hall–Kier alpha value is -2.50. The van der Waals surface area contributed by atoms with Crippen LogP contribution in [0.3, 0.4) is 0 Å². The molecule has 2 fully saturated rings. The lowest BCUT2D eigenvalue weighted by Gasteiger charge is -2.16. The molecule has 0 bridgehead atoms. The molecule has 1 aromatic rings. The van der Waals surface area contributed by atoms with Gasteiger partial charge in [0.2, 0.25) is 0 Å². The topological polar surface area (TPSA) is 69.7 Å². The number of hydrogen-bond donors (Lipinski definition) is 0. The third kappa shape index (κ3) is 4.66. The monoisotopic (exact) mass is 388 g/mol. The number of ether oxygens (including phenoxy) is 2. The van der Waals surface area contributed by atoms with E-state index in [0.29, 0.717) is 24.0 Å². The Balaban J connectivity index is 1.71. The number of fused-ring (bicyclic) bond motifs is 1. The number of unbranched alkanes of at least 4 members (excludes halogenated alkanes) is 1. The first-order valence-electron chi connectivity index (χ1n) is 9.81. The molecule has 150 valence electrons. The molecule has 0 spiro atoms. The zero-order valence-corrected chi connectivity index (χ0v) is 15.9. The number of carbonyl (C=O) groups is 3. The first-order valence-corrected chi connectivity index (χ1v) is 9.81. The maximum Gasteiger partial charge on any atom is 0.338 e. The average molecular weight is 388 g/mol. The van der Waals surface area contributed by atoms with Gasteiger partial charge in [-0.15, -0.1) is 0 Å². The molecule has 0 amide bonds. The molecule has 3 rings (SSSR count). The van der Waals surface area contributed by atoms with Crippen molar-refractivity contribution in [2.75, 3.05) is 0 Å². The number of halogens is 1. The van der Waals surface area contributed by atoms with Crippen LogP contribution in [0.1, 0.15) is 55.8 Å². The number of benzene rings is 1. The Morgan fingerprint density at radius 3 is 2.79 bits per heavy atom. The zero-order chi connectivity index (χ0) is 20.1. The van der Waals surface area contributed by atoms with Crippen molar-refractivity contribution in [3.8, 4) is 0 Å². The second-order valence-electron chi connectivity index (χ2n) is 7.32. The molecule has 5 nitrogen and oxygen atoms in total. The predicted octanol–water partition coefficient (Wildman–Crippen LogP) is 3.96. The molecule has 0 N–H and O–H groups in total. The summed E-state index contributed by atoms with van der Waals surface area (Å²) < 4.78 is 24.9. The minimum Gasteiger partial charge on any atom is -0.462 e. The van der Waals surface area contributed by atoms with Gasteiger partial charge in [-0.3, -0.25) is 9.59 Å². The van der Waals surface area contributed by atoms with E-state index in [1.807, 2.05) is 6.92 Å². The van der Waals surface area contributed by atoms with Crippen LogP contribution in [0.2, 0.25) is 0 Å². The fourth-order valence-electron chi connectivity index (χ4n) is 3.80. The smallest absolute Gasteiger partial charge is 0.338 e. The van der Waals surface area contributed by atoms with E-state index in [0.717, 1.165) is 6.42 Å². The summed E-state index contributed by atoms with van der Waals surface area (Å²) >= 11 is 0. The van der Waals surface area contributed by atoms with Gasteiger partial charge < -0.3 is 9.47 Å². The molecule has 6 heteroatoms. The molecule has 28 heavy (non-hydrogen) atoms. The van der Waals surface area contributed by atoms with Crippen molar-refractivity contribution in [1.82, 2.24) is 0 Å². The molecule has 4 atom stereocenters. The van der Waals surface area contributed by atoms with Crippen LogP contribution >= 0.6 is 0 Å². The van der Waals surface area contributed by atoms with Crippen molar-refractivity contribution in [2.24, 2.45) is 5.92 Å². The number of hydrogen-bond acceptors (Lipinski definition) is 5. The number of ketones is 1. The summed E-state index contributed by atoms with van der Waals surface area (Å²) in [5, 5.41) is 0. The Labute approximate surface area is 163 Å². The molecular formula is C22H25FO5. The van der Waals surface area contributed by atoms with E-state index in [1.54, 1.807) is 36.4 Å². The minimum absolute atomic E-state index is 0.0724. The number of esters is 2. The van der Waals surface area contributed by atoms with E-state index >= 15 is 0 Å². The average Bonchev–Trinajstić information content (AvgIpc) is 3.20. The summed E-state index contributed by atoms with van der Waals surface area (Å²) in [6.07, 6.45) is 1.42. The van der Waals surface area contributed by atoms with E-state index in [9.17, 15) is 18.8 Å². The van der Waals surface area contributed by atoms with Gasteiger partial charge >= 0.3 is 11.9 Å². The van der Waals surface area contributed by atoms with E-state index in [2.05, 4.69) is 0 Å². The van der Waals surface area contributed by atoms with Crippen molar-refractivity contribution in [1.29, 1.82) is 0 Å². The molecule has 1 saturated carbocycles. The normalized spacial score (nSPS) is 26.0. The highest BCUT2D eigenvalue weighted by atomic mass is 19.1. The Morgan fingerprint density at radius 2 is 2.07 bits per heavy atom. The highest BCUT2D eigenvalue weighted by Gasteiger charge is 2.48. The predicted molar refractivity (Wildman–Crippen MR) is 100 cm³/mol. The molecule has 1 heterocycles. The van der Waals surface area contributed by atoms with Gasteiger partial charge in [0.25, 0.3) is 0 Å². The third-order valence-electron chi connectivity index (χ3n) is 5.32. The summed E-state index contributed by atoms with van der Waals surface area (Å²) in [5.74, 6) is -1.47. The van der Waals surface area contributed by atoms with Gasteiger partial charge in [-0.2, -0.15) is 0 Å². The van der Waals surface area contributed by atoms with Crippen LogP contribution in [0.25, 0.3) is 0 Å². The third-order valence-corrected chi connectivity index (χ3v) is 5.32. The summed E-state index contributed by atoms with van der Waals surface area (Å²) in [6, 6.07) is 8.61. The highest BCUT2D eigenvalue weighted by Crippen LogP contribution is 2.42. The second kappa shape index (κ2) is 9.13. The summed E-state index contributed by atoms with van der Waals surface area (Å²) in [5.41, 5.74) is 1.12. The molecule has 1 aliphatic heterocycles. The Kier molecular flexibility index (Phi) is 6.60. The molecule has 1 aromatic carbocycles. The van der Waals surface area contributed by atoms with Crippen LogP contribution in [-0.4, -0.2) is 36.1 Å². The van der Waals surface area contributed by atoms with Crippen LogP contribution in [0.5, 0.6) is 0 Å². The molecule has 4 unspecified atom stereocenters. The lowest BCUT2D eigenvalue weighted by molar-refractivity contribution is -0.141. The van der Waals surface area contributed by atoms with Gasteiger partial charge in [0.15, 0.2) is 12.0 Å². The zero-order valence-electron chi connectivity index (χ0n) is 15.9. The largest absolute Gasteiger partial charge is 0.462 e. The SMILES string of the molecule is CCCCC(F)C(=O)CC=C1C(OC(=O)c2ccccc2)CC2OC(=O)CC12. The first-order chi connectivity index (χ1) is 13.5. The minimum atomic E-state index is -1.49. The summed E-state index contributed by atoms with van der Waals surface area (Å²) in [6.45, 7) is 1.95. The van der Waals surface area contributed by atoms with Crippen molar-refractivity contribution in [3.63, 3.8) is 0 Å². The van der Waals surface area contributed by atoms with Crippen molar-refractivity contribution in [3.05, 3.63) is 47.5 Å². The quantitative estimate of drug-likeness (QED) is 0.498. The molecule has 1 saturated heterocycles. The standard InChI is InChI=1S/C22H25FO5/c1-2-3-9-17(23)18(24)11-10-15-16-12-21(25)27-20(16)13-19(15)28-22(26)14-7-5-4-6-8-14/h4-8,10,16-17,19-20H,2-3,9,11-13H2,1H3. The van der Waals surface area contributed by atoms with Crippen molar-refractivity contribution < 1.29 is 28.2 Å². The van der Waals surface area contributed by atoms with E-state index in [-0.39, 0.29) is 37.3 Å². The molecule has 0 radical (unpaired) electrons. The van der Waals surface area contributed by atoms with Crippen LogP contribution < -0.4 is 0 Å². The fraction of sp³-hybridized carbons (Fsp3) is 0.500. The number of rotatable bonds is 8. The number of carbonyl (C=O) groups excluding carboxylic acids is 3. The van der Waals surface area contributed by atoms with E-state index in [1.165, 1.54) is 0 Å². The van der Waals surface area contributed by atoms with Crippen LogP contribution in [-0.2, 0) is 19.1 Å². The molecule has 1 aliphatic carbocycles. The van der Waals surface area contributed by atoms with Gasteiger partial charge in [-0.05, 0) is 24.1 Å². The first kappa shape index (κ1) is 20.2. The number of Topliss-reactive ketones (excluding diaryl/α,β-unsaturated/α-hetero) is 1. The lowest BCUT2D eigenvalue weighted by Crippen LogP contribution is -2.20.